The molecule has 0 saturated carbocycles. The molecule has 0 fully saturated rings. The van der Waals surface area contributed by atoms with Crippen LogP contribution in [0.1, 0.15) is 37.8 Å². The van der Waals surface area contributed by atoms with Gasteiger partial charge in [0.05, 0.1) is 20.2 Å². The fourth-order valence-electron chi connectivity index (χ4n) is 3.01. The predicted molar refractivity (Wildman–Crippen MR) is 116 cm³/mol. The van der Waals surface area contributed by atoms with Crippen LogP contribution in [0, 0.1) is 0 Å². The third kappa shape index (κ3) is 12.0. The van der Waals surface area contributed by atoms with E-state index in [1.807, 2.05) is 0 Å². The molecule has 0 heterocycles. The molecule has 0 atom stereocenters. The molecule has 0 amide bonds. The molecule has 0 saturated heterocycles. The number of fused-ring (bicyclic) bond motifs is 3. The third-order valence-corrected chi connectivity index (χ3v) is 3.91. The van der Waals surface area contributed by atoms with Gasteiger partial charge in [-0.25, -0.2) is 16.8 Å². The molecule has 0 aliphatic carbocycles. The Bertz CT molecular complexity index is 1040. The first-order chi connectivity index (χ1) is 13.3. The van der Waals surface area contributed by atoms with Crippen molar-refractivity contribution < 1.29 is 52.1 Å². The van der Waals surface area contributed by atoms with Crippen molar-refractivity contribution >= 4 is 41.8 Å². The van der Waals surface area contributed by atoms with Gasteiger partial charge in [-0.3, -0.25) is 0 Å². The second-order valence-electron chi connectivity index (χ2n) is 6.90. The molecule has 9 heteroatoms. The average Bonchev–Trinajstić information content (AvgIpc) is 2.89. The predicted octanol–water partition coefficient (Wildman–Crippen LogP) is 3.94. The van der Waals surface area contributed by atoms with E-state index in [2.05, 4.69) is 56.3 Å². The minimum absolute atomic E-state index is 0. The molecule has 3 aromatic carbocycles. The Morgan fingerprint density at radius 2 is 1.03 bits per heavy atom. The van der Waals surface area contributed by atoms with Gasteiger partial charge in [-0.1, -0.05) is 62.1 Å². The summed E-state index contributed by atoms with van der Waals surface area (Å²) >= 11 is 0. The summed E-state index contributed by atoms with van der Waals surface area (Å²) in [6, 6.07) is 16.2. The van der Waals surface area contributed by atoms with E-state index in [-0.39, 0.29) is 26.2 Å². The molecule has 0 aliphatic heterocycles. The minimum Gasteiger partial charge on any atom is -0.748 e. The van der Waals surface area contributed by atoms with Crippen LogP contribution in [0.15, 0.2) is 42.5 Å². The first kappa shape index (κ1) is 29.0. The van der Waals surface area contributed by atoms with Gasteiger partial charge in [-0.05, 0) is 12.8 Å². The molecule has 0 spiro atoms. The van der Waals surface area contributed by atoms with Crippen LogP contribution in [0.2, 0.25) is 0 Å². The van der Waals surface area contributed by atoms with Gasteiger partial charge < -0.3 is 9.11 Å². The average molecular weight is 531 g/mol. The van der Waals surface area contributed by atoms with Crippen LogP contribution >= 0.6 is 0 Å². The summed E-state index contributed by atoms with van der Waals surface area (Å²) in [5.41, 5.74) is 2.91. The zero-order valence-corrected chi connectivity index (χ0v) is 21.7. The maximum atomic E-state index is 9.08. The van der Waals surface area contributed by atoms with E-state index >= 15 is 0 Å². The minimum atomic E-state index is -3.92. The summed E-state index contributed by atoms with van der Waals surface area (Å²) in [7, 11) is -7.83. The molecule has 0 bridgehead atoms. The molecule has 0 N–H and O–H groups in total. The first-order valence-electron chi connectivity index (χ1n) is 9.24. The van der Waals surface area contributed by atoms with Crippen molar-refractivity contribution in [3.05, 3.63) is 53.6 Å². The van der Waals surface area contributed by atoms with Gasteiger partial charge in [0.15, 0.2) is 0 Å². The molecular formula is C21H27O6S2Zr. The Morgan fingerprint density at radius 3 is 1.30 bits per heavy atom. The molecule has 0 aliphatic rings. The van der Waals surface area contributed by atoms with E-state index in [0.29, 0.717) is 12.5 Å². The van der Waals surface area contributed by atoms with Crippen LogP contribution in [0.4, 0.5) is 0 Å². The van der Waals surface area contributed by atoms with Gasteiger partial charge in [0.1, 0.15) is 0 Å². The van der Waals surface area contributed by atoms with Crippen molar-refractivity contribution in [2.24, 2.45) is 0 Å². The summed E-state index contributed by atoms with van der Waals surface area (Å²) in [6.07, 6.45) is 6.00. The third-order valence-electron chi connectivity index (χ3n) is 3.91. The summed E-state index contributed by atoms with van der Waals surface area (Å²) in [5, 5.41) is 5.60. The van der Waals surface area contributed by atoms with E-state index in [0.717, 1.165) is 0 Å². The molecule has 30 heavy (non-hydrogen) atoms. The number of hydrogen-bond acceptors (Lipinski definition) is 6. The Hall–Kier alpha value is -0.987. The van der Waals surface area contributed by atoms with Crippen molar-refractivity contribution in [2.75, 3.05) is 12.5 Å². The SMILES string of the molecule is CCCc1ccc2c(c1)[cH-]c1cc(CCC)ccc12.CS(=O)(=O)[O-].CS(=O)(=O)[O-].[Zr+3]. The molecule has 3 aromatic rings. The van der Waals surface area contributed by atoms with Gasteiger partial charge in [0.25, 0.3) is 0 Å². The van der Waals surface area contributed by atoms with Crippen molar-refractivity contribution in [1.82, 2.24) is 0 Å². The van der Waals surface area contributed by atoms with Gasteiger partial charge >= 0.3 is 26.2 Å². The molecule has 1 radical (unpaired) electrons. The van der Waals surface area contributed by atoms with Crippen LogP contribution in [0.3, 0.4) is 0 Å². The Morgan fingerprint density at radius 1 is 0.733 bits per heavy atom. The van der Waals surface area contributed by atoms with E-state index in [1.165, 1.54) is 58.4 Å². The van der Waals surface area contributed by atoms with Gasteiger partial charge in [-0.2, -0.15) is 0 Å². The van der Waals surface area contributed by atoms with E-state index in [1.54, 1.807) is 0 Å². The van der Waals surface area contributed by atoms with Crippen LogP contribution < -0.4 is 0 Å². The maximum Gasteiger partial charge on any atom is 3.00 e. The second kappa shape index (κ2) is 12.8. The molecule has 6 nitrogen and oxygen atoms in total. The van der Waals surface area contributed by atoms with Gasteiger partial charge in [0.2, 0.25) is 0 Å². The van der Waals surface area contributed by atoms with Crippen LogP contribution in [-0.2, 0) is 59.3 Å². The fraction of sp³-hybridized carbons (Fsp3) is 0.381. The topological polar surface area (TPSA) is 114 Å². The van der Waals surface area contributed by atoms with Crippen molar-refractivity contribution in [3.8, 4) is 0 Å². The molecular weight excluding hydrogens is 504 g/mol. The number of hydrogen-bond donors (Lipinski definition) is 0. The second-order valence-corrected chi connectivity index (χ2v) is 9.71. The number of benzene rings is 2. The molecule has 0 aromatic heterocycles. The zero-order chi connectivity index (χ0) is 22.2. The molecule has 3 rings (SSSR count). The normalized spacial score (nSPS) is 11.1. The van der Waals surface area contributed by atoms with E-state index < -0.39 is 20.2 Å². The van der Waals surface area contributed by atoms with Gasteiger partial charge in [0, 0.05) is 12.5 Å². The summed E-state index contributed by atoms with van der Waals surface area (Å²) in [6.45, 7) is 4.48. The van der Waals surface area contributed by atoms with E-state index in [9.17, 15) is 0 Å². The van der Waals surface area contributed by atoms with Crippen molar-refractivity contribution in [3.63, 3.8) is 0 Å². The maximum absolute atomic E-state index is 9.08. The van der Waals surface area contributed by atoms with Crippen LogP contribution in [-0.4, -0.2) is 38.5 Å². The van der Waals surface area contributed by atoms with Crippen molar-refractivity contribution in [2.45, 2.75) is 39.5 Å². The fourth-order valence-corrected chi connectivity index (χ4v) is 3.01. The monoisotopic (exact) mass is 529 g/mol. The number of aryl methyl sites for hydroxylation is 2. The largest absolute Gasteiger partial charge is 3.00 e. The summed E-state index contributed by atoms with van der Waals surface area (Å²) in [5.74, 6) is 0. The molecule has 0 unspecified atom stereocenters. The Balaban J connectivity index is 0.000000646. The van der Waals surface area contributed by atoms with Gasteiger partial charge in [-0.15, -0.1) is 39.7 Å². The summed E-state index contributed by atoms with van der Waals surface area (Å²) < 4.78 is 54.5. The summed E-state index contributed by atoms with van der Waals surface area (Å²) in [4.78, 5) is 0. The quantitative estimate of drug-likeness (QED) is 0.373. The Kier molecular flexibility index (Phi) is 12.3. The smallest absolute Gasteiger partial charge is 0.748 e. The zero-order valence-electron chi connectivity index (χ0n) is 17.6. The molecule has 163 valence electrons. The number of rotatable bonds is 4. The van der Waals surface area contributed by atoms with Crippen LogP contribution in [0.5, 0.6) is 0 Å². The van der Waals surface area contributed by atoms with Crippen LogP contribution in [0.25, 0.3) is 21.5 Å². The Labute approximate surface area is 198 Å². The standard InChI is InChI=1S/C19H21.2CH4O3S.Zr/c1-3-5-14-7-9-18-16(11-14)13-17-12-15(6-4-2)8-10-19(17)18;2*1-5(2,3)4;/h7-13H,3-6H2,1-2H3;2*1H3,(H,2,3,4);/q-1;;;+3/p-2. The van der Waals surface area contributed by atoms with E-state index in [4.69, 9.17) is 25.9 Å². The first-order valence-corrected chi connectivity index (χ1v) is 12.9. The van der Waals surface area contributed by atoms with Crippen molar-refractivity contribution in [1.29, 1.82) is 0 Å².